The van der Waals surface area contributed by atoms with Crippen LogP contribution in [0.4, 0.5) is 0 Å². The van der Waals surface area contributed by atoms with Crippen molar-refractivity contribution in [1.82, 2.24) is 25.6 Å². The molecule has 25 heavy (non-hydrogen) atoms. The Balaban J connectivity index is 1.53. The average molecular weight is 340 g/mol. The summed E-state index contributed by atoms with van der Waals surface area (Å²) in [4.78, 5) is 12.1. The third-order valence-electron chi connectivity index (χ3n) is 5.59. The molecule has 0 radical (unpaired) electrons. The maximum atomic E-state index is 12.1. The second kappa shape index (κ2) is 6.93. The van der Waals surface area contributed by atoms with Crippen LogP contribution in [0.15, 0.2) is 36.7 Å². The van der Waals surface area contributed by atoms with Gasteiger partial charge >= 0.3 is 0 Å². The van der Waals surface area contributed by atoms with Crippen LogP contribution >= 0.6 is 0 Å². The van der Waals surface area contributed by atoms with E-state index in [1.807, 2.05) is 18.2 Å². The number of nitrogens with one attached hydrogen (secondary N) is 2. The van der Waals surface area contributed by atoms with Gasteiger partial charge in [0.15, 0.2) is 0 Å². The number of hydrazine groups is 1. The molecule has 4 N–H and O–H groups in total. The number of hydrogen-bond donors (Lipinski definition) is 3. The maximum Gasteiger partial charge on any atom is 0.237 e. The van der Waals surface area contributed by atoms with Crippen molar-refractivity contribution in [2.24, 2.45) is 17.6 Å². The summed E-state index contributed by atoms with van der Waals surface area (Å²) in [6.45, 7) is 1.29. The quantitative estimate of drug-likeness (QED) is 0.764. The molecule has 1 saturated heterocycles. The largest absolute Gasteiger partial charge is 0.329 e. The molecule has 2 fully saturated rings. The van der Waals surface area contributed by atoms with Gasteiger partial charge in [-0.15, -0.1) is 10.2 Å². The lowest BCUT2D eigenvalue weighted by Gasteiger charge is -2.43. The van der Waals surface area contributed by atoms with Gasteiger partial charge in [0.2, 0.25) is 5.91 Å². The zero-order chi connectivity index (χ0) is 17.2. The molecule has 132 valence electrons. The molecule has 0 spiro atoms. The van der Waals surface area contributed by atoms with Gasteiger partial charge in [-0.1, -0.05) is 30.3 Å². The van der Waals surface area contributed by atoms with Crippen LogP contribution in [-0.2, 0) is 11.3 Å². The number of rotatable bonds is 4. The summed E-state index contributed by atoms with van der Waals surface area (Å²) in [7, 11) is 0. The van der Waals surface area contributed by atoms with E-state index in [2.05, 4.69) is 37.7 Å². The lowest BCUT2D eigenvalue weighted by Crippen LogP contribution is -2.62. The molecule has 4 rings (SSSR count). The van der Waals surface area contributed by atoms with E-state index < -0.39 is 0 Å². The monoisotopic (exact) mass is 340 g/mol. The minimum absolute atomic E-state index is 0.0524. The average Bonchev–Trinajstić information content (AvgIpc) is 3.11. The number of benzene rings is 1. The van der Waals surface area contributed by atoms with Crippen LogP contribution in [-0.4, -0.2) is 33.3 Å². The fourth-order valence-electron chi connectivity index (χ4n) is 4.29. The fourth-order valence-corrected chi connectivity index (χ4v) is 4.29. The highest BCUT2D eigenvalue weighted by Crippen LogP contribution is 2.41. The number of nitrogens with two attached hydrogens (primary N) is 1. The molecule has 1 aromatic carbocycles. The normalized spacial score (nSPS) is 29.1. The van der Waals surface area contributed by atoms with Crippen molar-refractivity contribution in [3.63, 3.8) is 0 Å². The molecule has 4 unspecified atom stereocenters. The maximum absolute atomic E-state index is 12.1. The van der Waals surface area contributed by atoms with Crippen LogP contribution in [0.1, 0.15) is 36.6 Å². The first-order valence-electron chi connectivity index (χ1n) is 8.93. The van der Waals surface area contributed by atoms with Gasteiger partial charge in [0.1, 0.15) is 12.2 Å². The van der Waals surface area contributed by atoms with Gasteiger partial charge < -0.3 is 10.3 Å². The highest BCUT2D eigenvalue weighted by Gasteiger charge is 2.43. The molecule has 7 nitrogen and oxygen atoms in total. The van der Waals surface area contributed by atoms with E-state index in [4.69, 9.17) is 5.73 Å². The van der Waals surface area contributed by atoms with Gasteiger partial charge in [-0.25, -0.2) is 5.43 Å². The number of fused-ring (bicyclic) bond motifs is 1. The number of hydrogen-bond acceptors (Lipinski definition) is 5. The predicted molar refractivity (Wildman–Crippen MR) is 93.3 cm³/mol. The van der Waals surface area contributed by atoms with Crippen LogP contribution in [0, 0.1) is 11.8 Å². The summed E-state index contributed by atoms with van der Waals surface area (Å²) < 4.78 is 2.13. The number of carbonyl (C=O) groups is 1. The highest BCUT2D eigenvalue weighted by molar-refractivity contribution is 5.79. The lowest BCUT2D eigenvalue weighted by molar-refractivity contribution is -0.133. The summed E-state index contributed by atoms with van der Waals surface area (Å²) in [5.74, 6) is 1.73. The molecule has 4 atom stereocenters. The molecule has 2 aromatic rings. The molecule has 7 heteroatoms. The first-order chi connectivity index (χ1) is 12.3. The summed E-state index contributed by atoms with van der Waals surface area (Å²) >= 11 is 0. The van der Waals surface area contributed by atoms with Gasteiger partial charge in [-0.3, -0.25) is 10.2 Å². The van der Waals surface area contributed by atoms with Crippen molar-refractivity contribution >= 4 is 5.91 Å². The lowest BCUT2D eigenvalue weighted by atomic mass is 9.69. The number of amides is 1. The third-order valence-corrected chi connectivity index (χ3v) is 5.59. The number of carbonyl (C=O) groups excluding carboxylic acids is 1. The Morgan fingerprint density at radius 1 is 1.24 bits per heavy atom. The Morgan fingerprint density at radius 3 is 2.88 bits per heavy atom. The number of aromatic nitrogens is 3. The second-order valence-corrected chi connectivity index (χ2v) is 7.06. The molecule has 1 aliphatic carbocycles. The van der Waals surface area contributed by atoms with Crippen LogP contribution in [0.3, 0.4) is 0 Å². The second-order valence-electron chi connectivity index (χ2n) is 7.06. The van der Waals surface area contributed by atoms with E-state index in [1.165, 1.54) is 5.56 Å². The third kappa shape index (κ3) is 3.17. The minimum Gasteiger partial charge on any atom is -0.329 e. The van der Waals surface area contributed by atoms with Crippen LogP contribution in [0.25, 0.3) is 0 Å². The zero-order valence-corrected chi connectivity index (χ0v) is 14.1. The van der Waals surface area contributed by atoms with Crippen molar-refractivity contribution in [3.05, 3.63) is 48.0 Å². The van der Waals surface area contributed by atoms with Crippen LogP contribution in [0.5, 0.6) is 0 Å². The van der Waals surface area contributed by atoms with Crippen molar-refractivity contribution in [2.75, 3.05) is 6.54 Å². The summed E-state index contributed by atoms with van der Waals surface area (Å²) in [6.07, 6.45) is 4.55. The molecule has 1 amide bonds. The van der Waals surface area contributed by atoms with E-state index in [1.54, 1.807) is 6.33 Å². The molecule has 0 bridgehead atoms. The molecule has 1 saturated carbocycles. The molecule has 2 heterocycles. The minimum atomic E-state index is 0.0524. The van der Waals surface area contributed by atoms with E-state index in [9.17, 15) is 4.79 Å². The fraction of sp³-hybridized carbons (Fsp3) is 0.500. The van der Waals surface area contributed by atoms with Crippen molar-refractivity contribution in [1.29, 1.82) is 0 Å². The smallest absolute Gasteiger partial charge is 0.237 e. The van der Waals surface area contributed by atoms with Gasteiger partial charge in [0.05, 0.1) is 6.54 Å². The standard InChI is InChI=1S/C18H24N6O/c19-9-16-15-8-13(6-7-14(15)18(25)23-21-16)17-22-20-11-24(17)10-12-4-2-1-3-5-12/h1-5,11,13-16,21H,6-10,19H2,(H,23,25). The van der Waals surface area contributed by atoms with E-state index in [0.717, 1.165) is 31.6 Å². The topological polar surface area (TPSA) is 97.9 Å². The SMILES string of the molecule is NCC1NNC(=O)C2CCC(c3nncn3Cc3ccccc3)CC12. The predicted octanol–water partition coefficient (Wildman–Crippen LogP) is 0.788. The van der Waals surface area contributed by atoms with Gasteiger partial charge in [0, 0.05) is 24.4 Å². The summed E-state index contributed by atoms with van der Waals surface area (Å²) in [6, 6.07) is 10.5. The molecule has 1 aliphatic heterocycles. The van der Waals surface area contributed by atoms with Crippen LogP contribution < -0.4 is 16.6 Å². The Bertz CT molecular complexity index is 730. The molecular formula is C18H24N6O. The first-order valence-corrected chi connectivity index (χ1v) is 8.93. The van der Waals surface area contributed by atoms with Crippen molar-refractivity contribution in [3.8, 4) is 0 Å². The Labute approximate surface area is 147 Å². The van der Waals surface area contributed by atoms with E-state index >= 15 is 0 Å². The first kappa shape index (κ1) is 16.2. The van der Waals surface area contributed by atoms with Crippen LogP contribution in [0.2, 0.25) is 0 Å². The molecule has 2 aliphatic rings. The van der Waals surface area contributed by atoms with Gasteiger partial charge in [0.25, 0.3) is 0 Å². The van der Waals surface area contributed by atoms with Gasteiger partial charge in [-0.2, -0.15) is 0 Å². The zero-order valence-electron chi connectivity index (χ0n) is 14.1. The summed E-state index contributed by atoms with van der Waals surface area (Å²) in [5.41, 5.74) is 13.0. The van der Waals surface area contributed by atoms with E-state index in [-0.39, 0.29) is 23.8 Å². The highest BCUT2D eigenvalue weighted by atomic mass is 16.2. The molecular weight excluding hydrogens is 316 g/mol. The molecule has 1 aromatic heterocycles. The summed E-state index contributed by atoms with van der Waals surface area (Å²) in [5, 5.41) is 8.55. The van der Waals surface area contributed by atoms with Crippen molar-refractivity contribution < 1.29 is 4.79 Å². The number of nitrogens with zero attached hydrogens (tertiary/aromatic N) is 3. The van der Waals surface area contributed by atoms with Gasteiger partial charge in [-0.05, 0) is 30.7 Å². The van der Waals surface area contributed by atoms with E-state index in [0.29, 0.717) is 12.5 Å². The Hall–Kier alpha value is -2.25. The Morgan fingerprint density at radius 2 is 2.08 bits per heavy atom. The Kier molecular flexibility index (Phi) is 4.50. The van der Waals surface area contributed by atoms with Crippen molar-refractivity contribution in [2.45, 2.75) is 37.8 Å².